The van der Waals surface area contributed by atoms with Crippen LogP contribution >= 0.6 is 23.5 Å². The fraction of sp³-hybridized carbons (Fsp3) is 0.0968. The zero-order valence-corrected chi connectivity index (χ0v) is 25.9. The number of para-hydroxylation sites is 1. The number of nitrogens with one attached hydrogen (secondary N) is 4. The number of nitrogens with zero attached hydrogens (tertiary/aromatic N) is 6. The largest absolute Gasteiger partial charge is 0.325 e. The normalized spacial score (nSPS) is 10.9. The zero-order valence-electron chi connectivity index (χ0n) is 24.3. The van der Waals surface area contributed by atoms with Gasteiger partial charge in [-0.2, -0.15) is 4.57 Å². The van der Waals surface area contributed by atoms with E-state index in [2.05, 4.69) is 46.0 Å². The third-order valence-corrected chi connectivity index (χ3v) is 8.22. The Morgan fingerprint density at radius 3 is 2.11 bits per heavy atom. The molecule has 6 aromatic rings. The highest BCUT2D eigenvalue weighted by Crippen LogP contribution is 2.22. The summed E-state index contributed by atoms with van der Waals surface area (Å²) in [7, 11) is 0. The number of carbonyl (C=O) groups is 2. The Kier molecular flexibility index (Phi) is 9.40. The van der Waals surface area contributed by atoms with Crippen molar-refractivity contribution >= 4 is 46.7 Å². The maximum Gasteiger partial charge on any atom is 0.234 e. The number of aromatic nitrogens is 8. The first-order valence-electron chi connectivity index (χ1n) is 13.9. The standard InChI is InChI=1S/C31H25FN10O2S2/c1-19-15-20(28-36-30(40-38-28)45-17-26(43)34-21-5-3-2-4-6-21)12-14-42(19)23-9-7-22(8-10-23)35-27(44)18-46-31-37-29(39-41-31)24-11-13-33-16-25(24)32/h2-16H,17-18H2,1H3,(H3,33,34,35,37,39,41,43,44)/p+1. The number of H-pyrrole nitrogens is 2. The molecule has 12 nitrogen and oxygen atoms in total. The van der Waals surface area contributed by atoms with Gasteiger partial charge in [0.2, 0.25) is 27.8 Å². The molecule has 0 aliphatic heterocycles. The molecular weight excluding hydrogens is 628 g/mol. The monoisotopic (exact) mass is 653 g/mol. The summed E-state index contributed by atoms with van der Waals surface area (Å²) >= 11 is 2.39. The molecule has 0 radical (unpaired) electrons. The molecule has 0 saturated heterocycles. The van der Waals surface area contributed by atoms with Crippen molar-refractivity contribution in [3.05, 3.63) is 103 Å². The maximum absolute atomic E-state index is 13.9. The molecule has 4 aromatic heterocycles. The predicted molar refractivity (Wildman–Crippen MR) is 173 cm³/mol. The second-order valence-corrected chi connectivity index (χ2v) is 11.7. The minimum atomic E-state index is -0.512. The van der Waals surface area contributed by atoms with Gasteiger partial charge in [0.1, 0.15) is 0 Å². The quantitative estimate of drug-likeness (QED) is 0.113. The minimum absolute atomic E-state index is 0.0793. The van der Waals surface area contributed by atoms with Crippen molar-refractivity contribution in [1.82, 2.24) is 35.3 Å². The van der Waals surface area contributed by atoms with E-state index in [1.54, 1.807) is 0 Å². The van der Waals surface area contributed by atoms with Crippen LogP contribution in [0.3, 0.4) is 0 Å². The van der Waals surface area contributed by atoms with Crippen LogP contribution in [0.25, 0.3) is 28.5 Å². The van der Waals surface area contributed by atoms with E-state index in [-0.39, 0.29) is 34.7 Å². The van der Waals surface area contributed by atoms with Gasteiger partial charge < -0.3 is 10.6 Å². The molecule has 15 heteroatoms. The molecule has 2 aromatic carbocycles. The molecule has 0 bridgehead atoms. The van der Waals surface area contributed by atoms with Crippen molar-refractivity contribution in [2.24, 2.45) is 0 Å². The van der Waals surface area contributed by atoms with E-state index in [0.29, 0.717) is 21.8 Å². The zero-order chi connectivity index (χ0) is 31.9. The molecule has 230 valence electrons. The molecular formula is C31H26FN10O2S2+. The van der Waals surface area contributed by atoms with Gasteiger partial charge in [-0.3, -0.25) is 24.8 Å². The van der Waals surface area contributed by atoms with Gasteiger partial charge in [0.25, 0.3) is 0 Å². The number of hydrogen-bond acceptors (Lipinski definition) is 9. The molecule has 46 heavy (non-hydrogen) atoms. The Labute approximate surface area is 270 Å². The average Bonchev–Trinajstić information content (AvgIpc) is 3.74. The number of halogens is 1. The second-order valence-electron chi connectivity index (χ2n) is 9.80. The number of carbonyl (C=O) groups excluding carboxylic acids is 2. The number of pyridine rings is 2. The molecule has 0 fully saturated rings. The lowest BCUT2D eigenvalue weighted by Gasteiger charge is -2.05. The summed E-state index contributed by atoms with van der Waals surface area (Å²) < 4.78 is 16.0. The van der Waals surface area contributed by atoms with Crippen LogP contribution in [0.1, 0.15) is 5.69 Å². The predicted octanol–water partition coefficient (Wildman–Crippen LogP) is 4.84. The first kappa shape index (κ1) is 30.6. The van der Waals surface area contributed by atoms with Crippen LogP contribution in [-0.2, 0) is 9.59 Å². The third-order valence-electron chi connectivity index (χ3n) is 6.53. The van der Waals surface area contributed by atoms with Crippen molar-refractivity contribution in [1.29, 1.82) is 0 Å². The van der Waals surface area contributed by atoms with Gasteiger partial charge in [-0.15, -0.1) is 10.2 Å². The molecule has 0 aliphatic rings. The number of anilines is 2. The summed E-state index contributed by atoms with van der Waals surface area (Å²) in [6.07, 6.45) is 4.50. The fourth-order valence-corrected chi connectivity index (χ4v) is 5.57. The Hall–Kier alpha value is -5.41. The first-order chi connectivity index (χ1) is 22.4. The Morgan fingerprint density at radius 1 is 0.826 bits per heavy atom. The van der Waals surface area contributed by atoms with Gasteiger partial charge in [-0.05, 0) is 30.3 Å². The highest BCUT2D eigenvalue weighted by Gasteiger charge is 2.16. The molecule has 0 atom stereocenters. The Morgan fingerprint density at radius 2 is 1.46 bits per heavy atom. The maximum atomic E-state index is 13.9. The first-order valence-corrected chi connectivity index (χ1v) is 15.9. The summed E-state index contributed by atoms with van der Waals surface area (Å²) in [6, 6.07) is 22.1. The average molecular weight is 654 g/mol. The van der Waals surface area contributed by atoms with E-state index < -0.39 is 5.82 Å². The molecule has 4 N–H and O–H groups in total. The summed E-state index contributed by atoms with van der Waals surface area (Å²) in [4.78, 5) is 37.3. The molecule has 0 saturated carbocycles. The second kappa shape index (κ2) is 14.1. The molecule has 0 spiro atoms. The summed E-state index contributed by atoms with van der Waals surface area (Å²) in [6.45, 7) is 1.98. The number of benzene rings is 2. The SMILES string of the molecule is Cc1cc(-c2nc(SCC(=O)Nc3ccccc3)n[nH]2)cc[n+]1-c1ccc(NC(=O)CSc2n[nH]c(-c3ccncc3F)n2)cc1. The van der Waals surface area contributed by atoms with E-state index >= 15 is 0 Å². The van der Waals surface area contributed by atoms with Gasteiger partial charge >= 0.3 is 0 Å². The number of amides is 2. The lowest BCUT2D eigenvalue weighted by atomic mass is 10.2. The highest BCUT2D eigenvalue weighted by atomic mass is 32.2. The number of rotatable bonds is 11. The van der Waals surface area contributed by atoms with E-state index in [1.165, 1.54) is 24.0 Å². The highest BCUT2D eigenvalue weighted by molar-refractivity contribution is 8.00. The van der Waals surface area contributed by atoms with Gasteiger partial charge in [-0.1, -0.05) is 41.7 Å². The lowest BCUT2D eigenvalue weighted by molar-refractivity contribution is -0.602. The molecule has 0 unspecified atom stereocenters. The van der Waals surface area contributed by atoms with E-state index in [1.807, 2.05) is 84.4 Å². The molecule has 2 amide bonds. The Bertz CT molecular complexity index is 1980. The number of aryl methyl sites for hydroxylation is 1. The minimum Gasteiger partial charge on any atom is -0.325 e. The van der Waals surface area contributed by atoms with Crippen LogP contribution in [0.2, 0.25) is 0 Å². The van der Waals surface area contributed by atoms with Crippen LogP contribution in [0.4, 0.5) is 15.8 Å². The van der Waals surface area contributed by atoms with Crippen molar-refractivity contribution in [3.63, 3.8) is 0 Å². The van der Waals surface area contributed by atoms with Gasteiger partial charge in [0.15, 0.2) is 29.4 Å². The smallest absolute Gasteiger partial charge is 0.234 e. The van der Waals surface area contributed by atoms with E-state index in [9.17, 15) is 14.0 Å². The summed E-state index contributed by atoms with van der Waals surface area (Å²) in [5.74, 6) is 0.260. The van der Waals surface area contributed by atoms with Crippen LogP contribution in [0.15, 0.2) is 102 Å². The van der Waals surface area contributed by atoms with Crippen molar-refractivity contribution in [3.8, 4) is 28.5 Å². The molecule has 6 rings (SSSR count). The third kappa shape index (κ3) is 7.62. The number of hydrogen-bond donors (Lipinski definition) is 4. The molecule has 4 heterocycles. The summed E-state index contributed by atoms with van der Waals surface area (Å²) in [5.41, 5.74) is 4.36. The summed E-state index contributed by atoms with van der Waals surface area (Å²) in [5, 5.41) is 20.5. The number of aromatic amines is 2. The van der Waals surface area contributed by atoms with Crippen LogP contribution in [0.5, 0.6) is 0 Å². The lowest BCUT2D eigenvalue weighted by Crippen LogP contribution is -2.33. The van der Waals surface area contributed by atoms with Crippen molar-refractivity contribution in [2.75, 3.05) is 22.1 Å². The van der Waals surface area contributed by atoms with Crippen molar-refractivity contribution < 1.29 is 18.5 Å². The van der Waals surface area contributed by atoms with Gasteiger partial charge in [0.05, 0.1) is 23.3 Å². The number of thioether (sulfide) groups is 2. The van der Waals surface area contributed by atoms with Crippen molar-refractivity contribution in [2.45, 2.75) is 17.2 Å². The molecule has 0 aliphatic carbocycles. The van der Waals surface area contributed by atoms with E-state index in [0.717, 1.165) is 40.6 Å². The van der Waals surface area contributed by atoms with Crippen LogP contribution in [0, 0.1) is 12.7 Å². The van der Waals surface area contributed by atoms with Crippen LogP contribution < -0.4 is 15.2 Å². The Balaban J connectivity index is 1.01. The fourth-order valence-electron chi connectivity index (χ4n) is 4.37. The van der Waals surface area contributed by atoms with Crippen LogP contribution in [-0.4, -0.2) is 58.7 Å². The van der Waals surface area contributed by atoms with Gasteiger partial charge in [-0.25, -0.2) is 14.4 Å². The van der Waals surface area contributed by atoms with Gasteiger partial charge in [0, 0.05) is 54.3 Å². The van der Waals surface area contributed by atoms with E-state index in [4.69, 9.17) is 0 Å². The topological polar surface area (TPSA) is 158 Å².